The number of carbonyl (C=O) groups excluding carboxylic acids is 2. The number of hydrogen-bond donors (Lipinski definition) is 1. The van der Waals surface area contributed by atoms with Crippen LogP contribution in [0.15, 0.2) is 48.5 Å². The number of hydrogen-bond acceptors (Lipinski definition) is 5. The quantitative estimate of drug-likeness (QED) is 0.493. The van der Waals surface area contributed by atoms with Gasteiger partial charge in [0.05, 0.1) is 19.1 Å². The second kappa shape index (κ2) is 12.3. The van der Waals surface area contributed by atoms with Crippen molar-refractivity contribution >= 4 is 27.5 Å². The molecule has 1 atom stereocenters. The number of sulfonamides is 1. The van der Waals surface area contributed by atoms with E-state index in [9.17, 15) is 18.0 Å². The van der Waals surface area contributed by atoms with E-state index in [0.29, 0.717) is 17.9 Å². The molecule has 0 heterocycles. The summed E-state index contributed by atoms with van der Waals surface area (Å²) in [4.78, 5) is 28.6. The minimum absolute atomic E-state index is 0.115. The van der Waals surface area contributed by atoms with Crippen molar-refractivity contribution in [3.63, 3.8) is 0 Å². The molecule has 0 radical (unpaired) electrons. The lowest BCUT2D eigenvalue weighted by atomic mass is 10.1. The van der Waals surface area contributed by atoms with Gasteiger partial charge in [-0.2, -0.15) is 0 Å². The summed E-state index contributed by atoms with van der Waals surface area (Å²) in [7, 11) is -2.17. The fraction of sp³-hybridized carbons (Fsp3) is 0.481. The Balaban J connectivity index is 1.91. The van der Waals surface area contributed by atoms with Gasteiger partial charge in [-0.3, -0.25) is 13.9 Å². The molecule has 0 spiro atoms. The maximum absolute atomic E-state index is 13.7. The molecule has 2 aromatic rings. The molecule has 1 N–H and O–H groups in total. The summed E-state index contributed by atoms with van der Waals surface area (Å²) in [6.45, 7) is 3.50. The Labute approximate surface area is 214 Å². The molecule has 1 saturated carbocycles. The second-order valence-corrected chi connectivity index (χ2v) is 11.3. The first-order valence-corrected chi connectivity index (χ1v) is 14.2. The number of nitrogens with one attached hydrogen (secondary N) is 1. The van der Waals surface area contributed by atoms with Crippen molar-refractivity contribution in [2.24, 2.45) is 0 Å². The van der Waals surface area contributed by atoms with Crippen molar-refractivity contribution in [2.75, 3.05) is 24.2 Å². The molecule has 1 unspecified atom stereocenters. The topological polar surface area (TPSA) is 96.0 Å². The van der Waals surface area contributed by atoms with Crippen molar-refractivity contribution in [2.45, 2.75) is 64.6 Å². The Morgan fingerprint density at radius 3 is 2.33 bits per heavy atom. The molecule has 196 valence electrons. The van der Waals surface area contributed by atoms with E-state index in [4.69, 9.17) is 4.74 Å². The first-order valence-electron chi connectivity index (χ1n) is 12.4. The van der Waals surface area contributed by atoms with Crippen LogP contribution in [0.2, 0.25) is 0 Å². The Kier molecular flexibility index (Phi) is 9.37. The summed E-state index contributed by atoms with van der Waals surface area (Å²) in [5.74, 6) is 0.0456. The third kappa shape index (κ3) is 7.22. The molecule has 0 saturated heterocycles. The lowest BCUT2D eigenvalue weighted by Gasteiger charge is -2.33. The molecule has 1 aliphatic carbocycles. The Morgan fingerprint density at radius 2 is 1.78 bits per heavy atom. The SMILES string of the molecule is CCC(C(=O)NC1CCCC1)N(Cc1ccc(OC)cc1)C(=O)CN(c1cccc(C)c1)S(C)(=O)=O. The number of nitrogens with zero attached hydrogens (tertiary/aromatic N) is 2. The number of carbonyl (C=O) groups is 2. The van der Waals surface area contributed by atoms with Gasteiger partial charge in [0.15, 0.2) is 0 Å². The van der Waals surface area contributed by atoms with Crippen molar-refractivity contribution in [1.82, 2.24) is 10.2 Å². The normalized spacial score (nSPS) is 14.8. The minimum Gasteiger partial charge on any atom is -0.497 e. The fourth-order valence-corrected chi connectivity index (χ4v) is 5.45. The molecule has 2 amide bonds. The number of amides is 2. The van der Waals surface area contributed by atoms with E-state index >= 15 is 0 Å². The van der Waals surface area contributed by atoms with Gasteiger partial charge < -0.3 is 15.0 Å². The Bertz CT molecular complexity index is 1140. The standard InChI is InChI=1S/C27H37N3O5S/c1-5-25(27(32)28-22-10-6-7-11-22)29(18-21-13-15-24(35-3)16-14-21)26(31)19-30(36(4,33)34)23-12-8-9-20(2)17-23/h8-9,12-17,22,25H,5-7,10-11,18-19H2,1-4H3,(H,28,32). The third-order valence-corrected chi connectivity index (χ3v) is 7.71. The van der Waals surface area contributed by atoms with E-state index in [0.717, 1.165) is 47.4 Å². The number of anilines is 1. The fourth-order valence-electron chi connectivity index (χ4n) is 4.61. The molecule has 2 aromatic carbocycles. The molecule has 3 rings (SSSR count). The van der Waals surface area contributed by atoms with Crippen LogP contribution in [0.5, 0.6) is 5.75 Å². The van der Waals surface area contributed by atoms with Crippen molar-refractivity contribution in [3.05, 3.63) is 59.7 Å². The first kappa shape index (κ1) is 27.5. The summed E-state index contributed by atoms with van der Waals surface area (Å²) in [5.41, 5.74) is 2.11. The van der Waals surface area contributed by atoms with E-state index in [1.807, 2.05) is 32.0 Å². The summed E-state index contributed by atoms with van der Waals surface area (Å²) in [5, 5.41) is 3.11. The number of aryl methyl sites for hydroxylation is 1. The molecule has 0 aliphatic heterocycles. The molecule has 0 bridgehead atoms. The van der Waals surface area contributed by atoms with E-state index in [2.05, 4.69) is 5.32 Å². The number of benzene rings is 2. The Morgan fingerprint density at radius 1 is 1.11 bits per heavy atom. The van der Waals surface area contributed by atoms with Gasteiger partial charge in [-0.25, -0.2) is 8.42 Å². The van der Waals surface area contributed by atoms with Gasteiger partial charge in [0, 0.05) is 12.6 Å². The highest BCUT2D eigenvalue weighted by atomic mass is 32.2. The monoisotopic (exact) mass is 515 g/mol. The highest BCUT2D eigenvalue weighted by molar-refractivity contribution is 7.92. The lowest BCUT2D eigenvalue weighted by molar-refractivity contribution is -0.140. The largest absolute Gasteiger partial charge is 0.497 e. The molecule has 8 nitrogen and oxygen atoms in total. The van der Waals surface area contributed by atoms with Crippen LogP contribution in [-0.2, 0) is 26.2 Å². The zero-order chi connectivity index (χ0) is 26.3. The average Bonchev–Trinajstić information content (AvgIpc) is 3.35. The van der Waals surface area contributed by atoms with Crippen molar-refractivity contribution in [3.8, 4) is 5.75 Å². The first-order chi connectivity index (χ1) is 17.1. The smallest absolute Gasteiger partial charge is 0.244 e. The summed E-state index contributed by atoms with van der Waals surface area (Å²) in [6.07, 6.45) is 5.52. The molecular formula is C27H37N3O5S. The van der Waals surface area contributed by atoms with Crippen molar-refractivity contribution < 1.29 is 22.7 Å². The lowest BCUT2D eigenvalue weighted by Crippen LogP contribution is -2.53. The van der Waals surface area contributed by atoms with Crippen molar-refractivity contribution in [1.29, 1.82) is 0 Å². The van der Waals surface area contributed by atoms with Gasteiger partial charge in [0.25, 0.3) is 0 Å². The van der Waals surface area contributed by atoms with Gasteiger partial charge in [0.1, 0.15) is 18.3 Å². The second-order valence-electron chi connectivity index (χ2n) is 9.39. The maximum Gasteiger partial charge on any atom is 0.244 e. The van der Waals surface area contributed by atoms with Crippen LogP contribution in [0.4, 0.5) is 5.69 Å². The predicted molar refractivity (Wildman–Crippen MR) is 141 cm³/mol. The van der Waals surface area contributed by atoms with Crippen LogP contribution in [0, 0.1) is 6.92 Å². The van der Waals surface area contributed by atoms with Crippen LogP contribution in [0.3, 0.4) is 0 Å². The predicted octanol–water partition coefficient (Wildman–Crippen LogP) is 3.64. The highest BCUT2D eigenvalue weighted by Gasteiger charge is 2.33. The van der Waals surface area contributed by atoms with Crippen LogP contribution in [0.1, 0.15) is 50.2 Å². The van der Waals surface area contributed by atoms with Gasteiger partial charge in [0.2, 0.25) is 21.8 Å². The molecule has 9 heteroatoms. The zero-order valence-corrected chi connectivity index (χ0v) is 22.4. The Hall–Kier alpha value is -3.07. The number of methoxy groups -OCH3 is 1. The molecule has 0 aromatic heterocycles. The maximum atomic E-state index is 13.7. The van der Waals surface area contributed by atoms with Crippen LogP contribution < -0.4 is 14.4 Å². The molecule has 1 aliphatic rings. The van der Waals surface area contributed by atoms with Gasteiger partial charge in [-0.05, 0) is 61.6 Å². The van der Waals surface area contributed by atoms with E-state index in [-0.39, 0.29) is 18.5 Å². The van der Waals surface area contributed by atoms with Crippen LogP contribution in [0.25, 0.3) is 0 Å². The average molecular weight is 516 g/mol. The number of ether oxygens (including phenoxy) is 1. The molecule has 36 heavy (non-hydrogen) atoms. The molecular weight excluding hydrogens is 478 g/mol. The summed E-state index contributed by atoms with van der Waals surface area (Å²) < 4.78 is 31.7. The number of rotatable bonds is 11. The summed E-state index contributed by atoms with van der Waals surface area (Å²) in [6, 6.07) is 13.7. The van der Waals surface area contributed by atoms with Gasteiger partial charge in [-0.15, -0.1) is 0 Å². The van der Waals surface area contributed by atoms with Crippen LogP contribution in [-0.4, -0.2) is 57.1 Å². The van der Waals surface area contributed by atoms with Gasteiger partial charge in [-0.1, -0.05) is 44.0 Å². The van der Waals surface area contributed by atoms with E-state index in [1.54, 1.807) is 37.4 Å². The van der Waals surface area contributed by atoms with E-state index in [1.165, 1.54) is 4.90 Å². The van der Waals surface area contributed by atoms with Crippen LogP contribution >= 0.6 is 0 Å². The van der Waals surface area contributed by atoms with E-state index < -0.39 is 28.5 Å². The highest BCUT2D eigenvalue weighted by Crippen LogP contribution is 2.22. The summed E-state index contributed by atoms with van der Waals surface area (Å²) >= 11 is 0. The minimum atomic E-state index is -3.75. The third-order valence-electron chi connectivity index (χ3n) is 6.57. The molecule has 1 fully saturated rings. The van der Waals surface area contributed by atoms with Gasteiger partial charge >= 0.3 is 0 Å². The zero-order valence-electron chi connectivity index (χ0n) is 21.6.